The van der Waals surface area contributed by atoms with Gasteiger partial charge in [-0.25, -0.2) is 13.8 Å². The van der Waals surface area contributed by atoms with Gasteiger partial charge in [0.25, 0.3) is 5.91 Å². The number of hydrogen-bond acceptors (Lipinski definition) is 5. The number of hydrogen-bond donors (Lipinski definition) is 0. The van der Waals surface area contributed by atoms with Crippen molar-refractivity contribution in [2.45, 2.75) is 51.1 Å². The number of benzene rings is 2. The third-order valence-electron chi connectivity index (χ3n) is 8.29. The molecule has 0 radical (unpaired) electrons. The summed E-state index contributed by atoms with van der Waals surface area (Å²) in [6.45, 7) is 4.72. The number of carbonyl (C=O) groups is 1. The van der Waals surface area contributed by atoms with Crippen LogP contribution >= 0.6 is 11.6 Å². The predicted octanol–water partition coefficient (Wildman–Crippen LogP) is 5.73. The Labute approximate surface area is 232 Å². The van der Waals surface area contributed by atoms with Gasteiger partial charge >= 0.3 is 0 Å². The van der Waals surface area contributed by atoms with Gasteiger partial charge in [0, 0.05) is 48.9 Å². The van der Waals surface area contributed by atoms with Crippen LogP contribution in [0.2, 0.25) is 5.02 Å². The summed E-state index contributed by atoms with van der Waals surface area (Å²) in [4.78, 5) is 29.1. The van der Waals surface area contributed by atoms with Gasteiger partial charge in [0.05, 0.1) is 22.6 Å². The van der Waals surface area contributed by atoms with Gasteiger partial charge in [-0.1, -0.05) is 23.7 Å². The quantitative estimate of drug-likeness (QED) is 0.379. The molecule has 0 spiro atoms. The van der Waals surface area contributed by atoms with E-state index in [0.717, 1.165) is 62.2 Å². The summed E-state index contributed by atoms with van der Waals surface area (Å²) in [7, 11) is 0. The fourth-order valence-electron chi connectivity index (χ4n) is 6.08. The number of rotatable bonds is 5. The van der Waals surface area contributed by atoms with Crippen molar-refractivity contribution in [2.75, 3.05) is 37.6 Å². The molecule has 0 aliphatic carbocycles. The summed E-state index contributed by atoms with van der Waals surface area (Å²) < 4.78 is 28.5. The molecule has 1 amide bonds. The molecule has 39 heavy (non-hydrogen) atoms. The highest BCUT2D eigenvalue weighted by molar-refractivity contribution is 6.31. The number of aromatic nitrogens is 2. The molecule has 2 saturated heterocycles. The second kappa shape index (κ2) is 11.2. The van der Waals surface area contributed by atoms with E-state index in [2.05, 4.69) is 9.88 Å². The first-order valence-corrected chi connectivity index (χ1v) is 14.2. The van der Waals surface area contributed by atoms with Gasteiger partial charge in [-0.2, -0.15) is 0 Å². The molecule has 6 nitrogen and oxygen atoms in total. The Bertz CT molecular complexity index is 1350. The lowest BCUT2D eigenvalue weighted by Crippen LogP contribution is -2.45. The van der Waals surface area contributed by atoms with Crippen LogP contribution in [-0.2, 0) is 13.0 Å². The number of fused-ring (bicyclic) bond motifs is 1. The minimum atomic E-state index is -0.643. The summed E-state index contributed by atoms with van der Waals surface area (Å²) >= 11 is 6.09. The summed E-state index contributed by atoms with van der Waals surface area (Å²) in [5.41, 5.74) is 3.11. The molecule has 2 aromatic carbocycles. The van der Waals surface area contributed by atoms with E-state index in [4.69, 9.17) is 16.6 Å². The number of nitrogens with zero attached hydrogens (tertiary/aromatic N) is 5. The second-order valence-corrected chi connectivity index (χ2v) is 11.1. The molecule has 6 rings (SSSR count). The fraction of sp³-hybridized carbons (Fsp3) is 0.433. The van der Waals surface area contributed by atoms with E-state index in [1.807, 2.05) is 34.1 Å². The highest BCUT2D eigenvalue weighted by Gasteiger charge is 2.29. The minimum absolute atomic E-state index is 0.0677. The van der Waals surface area contributed by atoms with Crippen LogP contribution in [0.25, 0.3) is 11.3 Å². The van der Waals surface area contributed by atoms with Gasteiger partial charge < -0.3 is 14.7 Å². The molecule has 3 aromatic rings. The van der Waals surface area contributed by atoms with Crippen LogP contribution in [0.4, 0.5) is 14.6 Å². The van der Waals surface area contributed by atoms with Gasteiger partial charge in [-0.05, 0) is 75.9 Å². The van der Waals surface area contributed by atoms with Crippen molar-refractivity contribution in [3.05, 3.63) is 76.1 Å². The van der Waals surface area contributed by atoms with Crippen molar-refractivity contribution in [2.24, 2.45) is 0 Å². The smallest absolute Gasteiger partial charge is 0.253 e. The maximum Gasteiger partial charge on any atom is 0.253 e. The Balaban J connectivity index is 1.16. The monoisotopic (exact) mass is 551 g/mol. The number of piperidine rings is 1. The molecule has 1 aromatic heterocycles. The number of carbonyl (C=O) groups excluding carboxylic acids is 1. The van der Waals surface area contributed by atoms with Gasteiger partial charge in [0.1, 0.15) is 11.6 Å². The van der Waals surface area contributed by atoms with Crippen molar-refractivity contribution in [3.63, 3.8) is 0 Å². The molecule has 0 unspecified atom stereocenters. The van der Waals surface area contributed by atoms with Crippen molar-refractivity contribution in [3.8, 4) is 11.3 Å². The lowest BCUT2D eigenvalue weighted by atomic mass is 10.0. The molecule has 204 valence electrons. The minimum Gasteiger partial charge on any atom is -0.351 e. The molecule has 0 saturated carbocycles. The molecule has 2 fully saturated rings. The first-order valence-electron chi connectivity index (χ1n) is 13.8. The first-order chi connectivity index (χ1) is 19.0. The Hall–Kier alpha value is -3.10. The lowest BCUT2D eigenvalue weighted by molar-refractivity contribution is 0.0644. The van der Waals surface area contributed by atoms with Gasteiger partial charge in [0.2, 0.25) is 0 Å². The second-order valence-electron chi connectivity index (χ2n) is 10.7. The van der Waals surface area contributed by atoms with E-state index in [0.29, 0.717) is 29.7 Å². The van der Waals surface area contributed by atoms with Crippen molar-refractivity contribution in [1.29, 1.82) is 0 Å². The molecular weight excluding hydrogens is 520 g/mol. The molecule has 3 aliphatic heterocycles. The number of aryl methyl sites for hydroxylation is 1. The average molecular weight is 552 g/mol. The average Bonchev–Trinajstić information content (AvgIpc) is 3.52. The van der Waals surface area contributed by atoms with Gasteiger partial charge in [-0.3, -0.25) is 9.78 Å². The summed E-state index contributed by atoms with van der Waals surface area (Å²) in [6.07, 6.45) is 7.99. The Morgan fingerprint density at radius 3 is 2.38 bits per heavy atom. The zero-order valence-electron chi connectivity index (χ0n) is 21.9. The summed E-state index contributed by atoms with van der Waals surface area (Å²) in [5.74, 6) is -0.466. The number of anilines is 1. The zero-order chi connectivity index (χ0) is 26.9. The van der Waals surface area contributed by atoms with E-state index >= 15 is 0 Å². The Morgan fingerprint density at radius 2 is 1.64 bits per heavy atom. The molecule has 3 aliphatic rings. The van der Waals surface area contributed by atoms with E-state index in [-0.39, 0.29) is 23.0 Å². The maximum atomic E-state index is 14.5. The van der Waals surface area contributed by atoms with E-state index in [9.17, 15) is 13.6 Å². The fourth-order valence-corrected chi connectivity index (χ4v) is 6.30. The largest absolute Gasteiger partial charge is 0.351 e. The Kier molecular flexibility index (Phi) is 7.49. The number of amides is 1. The zero-order valence-corrected chi connectivity index (χ0v) is 22.6. The van der Waals surface area contributed by atoms with Crippen molar-refractivity contribution in [1.82, 2.24) is 19.8 Å². The molecular formula is C30H32ClF2N5O. The van der Waals surface area contributed by atoms with E-state index in [1.54, 1.807) is 6.20 Å². The van der Waals surface area contributed by atoms with Crippen LogP contribution in [0.15, 0.2) is 42.6 Å². The molecule has 9 heteroatoms. The van der Waals surface area contributed by atoms with Gasteiger partial charge in [0.15, 0.2) is 5.82 Å². The molecule has 0 N–H and O–H groups in total. The van der Waals surface area contributed by atoms with E-state index in [1.165, 1.54) is 25.9 Å². The topological polar surface area (TPSA) is 52.6 Å². The van der Waals surface area contributed by atoms with Crippen LogP contribution < -0.4 is 4.90 Å². The highest BCUT2D eigenvalue weighted by Crippen LogP contribution is 2.31. The SMILES string of the molecule is O=C(c1ccc(-c2cnc3c(n2)N(Cc2c(F)ccc(F)c2Cl)CCC3)cc1)N1CCC(N2CCCC2)CC1. The van der Waals surface area contributed by atoms with Crippen LogP contribution in [0.1, 0.15) is 53.7 Å². The summed E-state index contributed by atoms with van der Waals surface area (Å²) in [6, 6.07) is 10.2. The Morgan fingerprint density at radius 1 is 0.923 bits per heavy atom. The maximum absolute atomic E-state index is 14.5. The third-order valence-corrected chi connectivity index (χ3v) is 8.70. The van der Waals surface area contributed by atoms with Crippen molar-refractivity contribution >= 4 is 23.3 Å². The standard InChI is InChI=1S/C30H32ClF2N5O/c31-28-23(24(32)9-10-25(28)33)19-38-15-3-4-26-29(38)35-27(18-34-26)20-5-7-21(8-6-20)30(39)37-16-11-22(12-17-37)36-13-1-2-14-36/h5-10,18,22H,1-4,11-17,19H2. The van der Waals surface area contributed by atoms with E-state index < -0.39 is 11.6 Å². The first kappa shape index (κ1) is 26.1. The molecule has 4 heterocycles. The normalized spacial score (nSPS) is 18.4. The molecule has 0 bridgehead atoms. The van der Waals surface area contributed by atoms with Crippen LogP contribution in [-0.4, -0.2) is 64.4 Å². The number of halogens is 3. The summed E-state index contributed by atoms with van der Waals surface area (Å²) in [5, 5.41) is -0.202. The number of likely N-dealkylation sites (tertiary alicyclic amines) is 2. The van der Waals surface area contributed by atoms with Crippen LogP contribution in [0.3, 0.4) is 0 Å². The third kappa shape index (κ3) is 5.37. The predicted molar refractivity (Wildman–Crippen MR) is 148 cm³/mol. The van der Waals surface area contributed by atoms with Gasteiger partial charge in [-0.15, -0.1) is 0 Å². The van der Waals surface area contributed by atoms with Crippen LogP contribution in [0.5, 0.6) is 0 Å². The lowest BCUT2D eigenvalue weighted by Gasteiger charge is -2.36. The van der Waals surface area contributed by atoms with Crippen LogP contribution in [0, 0.1) is 11.6 Å². The highest BCUT2D eigenvalue weighted by atomic mass is 35.5. The van der Waals surface area contributed by atoms with Crippen molar-refractivity contribution < 1.29 is 13.6 Å². The molecule has 0 atom stereocenters.